The first kappa shape index (κ1) is 24.1. The SMILES string of the molecule is COc1cc(OC/C=C/COc2ccc(/C=C/C(=O)O)c(OC)c2)ccc1/C=C/C(=O)O. The number of carboxylic acids is 2. The standard InChI is InChI=1S/C24H24O8/c1-29-21-15-19(9-5-17(21)7-11-23(25)26)31-13-3-4-14-32-20-10-6-18(8-12-24(27)28)22(16-20)30-2/h3-12,15-16H,13-14H2,1-2H3,(H,25,26)(H,27,28)/b4-3+,11-7+,12-8+. The van der Waals surface area contributed by atoms with E-state index >= 15 is 0 Å². The predicted molar refractivity (Wildman–Crippen MR) is 119 cm³/mol. The minimum Gasteiger partial charge on any atom is -0.496 e. The monoisotopic (exact) mass is 440 g/mol. The van der Waals surface area contributed by atoms with Crippen molar-refractivity contribution in [1.29, 1.82) is 0 Å². The summed E-state index contributed by atoms with van der Waals surface area (Å²) in [7, 11) is 3.00. The predicted octanol–water partition coefficient (Wildman–Crippen LogP) is 3.91. The molecule has 0 radical (unpaired) electrons. The molecule has 2 rings (SSSR count). The maximum Gasteiger partial charge on any atom is 0.328 e. The lowest BCUT2D eigenvalue weighted by molar-refractivity contribution is -0.132. The van der Waals surface area contributed by atoms with Crippen LogP contribution < -0.4 is 18.9 Å². The lowest BCUT2D eigenvalue weighted by Gasteiger charge is -2.09. The van der Waals surface area contributed by atoms with Crippen molar-refractivity contribution in [2.24, 2.45) is 0 Å². The lowest BCUT2D eigenvalue weighted by atomic mass is 10.1. The molecule has 0 spiro atoms. The third-order valence-corrected chi connectivity index (χ3v) is 4.08. The molecule has 0 aliphatic rings. The molecule has 0 aromatic heterocycles. The van der Waals surface area contributed by atoms with E-state index in [-0.39, 0.29) is 0 Å². The van der Waals surface area contributed by atoms with Crippen LogP contribution in [-0.2, 0) is 9.59 Å². The van der Waals surface area contributed by atoms with Crippen LogP contribution in [-0.4, -0.2) is 49.6 Å². The second-order valence-electron chi connectivity index (χ2n) is 6.24. The molecule has 0 fully saturated rings. The molecule has 0 heterocycles. The molecule has 0 bridgehead atoms. The number of carboxylic acid groups (broad SMARTS) is 2. The molecule has 0 saturated carbocycles. The summed E-state index contributed by atoms with van der Waals surface area (Å²) in [6.45, 7) is 0.609. The highest BCUT2D eigenvalue weighted by atomic mass is 16.5. The minimum absolute atomic E-state index is 0.305. The fraction of sp³-hybridized carbons (Fsp3) is 0.167. The highest BCUT2D eigenvalue weighted by Gasteiger charge is 2.04. The Bertz CT molecular complexity index is 939. The van der Waals surface area contributed by atoms with Gasteiger partial charge in [0.2, 0.25) is 0 Å². The van der Waals surface area contributed by atoms with E-state index in [2.05, 4.69) is 0 Å². The molecule has 0 aliphatic heterocycles. The van der Waals surface area contributed by atoms with Gasteiger partial charge in [-0.3, -0.25) is 0 Å². The number of benzene rings is 2. The summed E-state index contributed by atoms with van der Waals surface area (Å²) in [5.41, 5.74) is 1.26. The maximum absolute atomic E-state index is 10.7. The van der Waals surface area contributed by atoms with Gasteiger partial charge in [-0.05, 0) is 48.6 Å². The Morgan fingerprint density at radius 2 is 1.16 bits per heavy atom. The summed E-state index contributed by atoms with van der Waals surface area (Å²) in [5.74, 6) is 0.0865. The van der Waals surface area contributed by atoms with E-state index in [0.717, 1.165) is 12.2 Å². The molecule has 0 unspecified atom stereocenters. The number of carbonyl (C=O) groups is 2. The minimum atomic E-state index is -1.04. The van der Waals surface area contributed by atoms with Gasteiger partial charge in [0.05, 0.1) is 14.2 Å². The van der Waals surface area contributed by atoms with Crippen LogP contribution in [0.3, 0.4) is 0 Å². The zero-order valence-electron chi connectivity index (χ0n) is 17.7. The first-order valence-corrected chi connectivity index (χ1v) is 9.51. The average Bonchev–Trinajstić information content (AvgIpc) is 2.78. The zero-order chi connectivity index (χ0) is 23.3. The number of aliphatic carboxylic acids is 2. The number of ether oxygens (including phenoxy) is 4. The fourth-order valence-corrected chi connectivity index (χ4v) is 2.58. The van der Waals surface area contributed by atoms with E-state index < -0.39 is 11.9 Å². The first-order chi connectivity index (χ1) is 15.4. The van der Waals surface area contributed by atoms with E-state index in [1.54, 1.807) is 48.6 Å². The van der Waals surface area contributed by atoms with Gasteiger partial charge in [0.1, 0.15) is 36.2 Å². The van der Waals surface area contributed by atoms with Crippen molar-refractivity contribution in [1.82, 2.24) is 0 Å². The largest absolute Gasteiger partial charge is 0.496 e. The Morgan fingerprint density at radius 1 is 0.750 bits per heavy atom. The fourth-order valence-electron chi connectivity index (χ4n) is 2.58. The average molecular weight is 440 g/mol. The highest BCUT2D eigenvalue weighted by Crippen LogP contribution is 2.27. The summed E-state index contributed by atoms with van der Waals surface area (Å²) in [5, 5.41) is 17.5. The van der Waals surface area contributed by atoms with Crippen LogP contribution in [0.2, 0.25) is 0 Å². The van der Waals surface area contributed by atoms with Crippen LogP contribution in [0.4, 0.5) is 0 Å². The molecule has 2 aromatic rings. The third-order valence-electron chi connectivity index (χ3n) is 4.08. The molecule has 2 N–H and O–H groups in total. The Labute approximate surface area is 185 Å². The van der Waals surface area contributed by atoms with Crippen LogP contribution in [0, 0.1) is 0 Å². The van der Waals surface area contributed by atoms with Crippen LogP contribution in [0.5, 0.6) is 23.0 Å². The summed E-state index contributed by atoms with van der Waals surface area (Å²) < 4.78 is 21.8. The van der Waals surface area contributed by atoms with Crippen LogP contribution in [0.1, 0.15) is 11.1 Å². The first-order valence-electron chi connectivity index (χ1n) is 9.51. The Balaban J connectivity index is 1.86. The molecule has 0 amide bonds. The molecule has 168 valence electrons. The van der Waals surface area contributed by atoms with Gasteiger partial charge in [0, 0.05) is 35.4 Å². The molecule has 0 atom stereocenters. The number of rotatable bonds is 12. The van der Waals surface area contributed by atoms with E-state index in [1.807, 2.05) is 0 Å². The van der Waals surface area contributed by atoms with Crippen LogP contribution in [0.25, 0.3) is 12.2 Å². The number of hydrogen-bond acceptors (Lipinski definition) is 6. The second kappa shape index (κ2) is 12.5. The summed E-state index contributed by atoms with van der Waals surface area (Å²) in [4.78, 5) is 21.3. The topological polar surface area (TPSA) is 112 Å². The number of hydrogen-bond donors (Lipinski definition) is 2. The second-order valence-corrected chi connectivity index (χ2v) is 6.24. The molecule has 8 heteroatoms. The molecule has 0 saturated heterocycles. The zero-order valence-corrected chi connectivity index (χ0v) is 17.7. The normalized spacial score (nSPS) is 11.2. The Morgan fingerprint density at radius 3 is 1.50 bits per heavy atom. The van der Waals surface area contributed by atoms with Gasteiger partial charge >= 0.3 is 11.9 Å². The molecule has 2 aromatic carbocycles. The Hall–Kier alpha value is -4.20. The molecular formula is C24H24O8. The molecular weight excluding hydrogens is 416 g/mol. The van der Waals surface area contributed by atoms with Crippen molar-refractivity contribution in [3.05, 3.63) is 71.8 Å². The third kappa shape index (κ3) is 7.91. The summed E-state index contributed by atoms with van der Waals surface area (Å²) in [6, 6.07) is 10.2. The summed E-state index contributed by atoms with van der Waals surface area (Å²) >= 11 is 0. The van der Waals surface area contributed by atoms with Crippen molar-refractivity contribution in [3.63, 3.8) is 0 Å². The lowest BCUT2D eigenvalue weighted by Crippen LogP contribution is -1.98. The maximum atomic E-state index is 10.7. The van der Waals surface area contributed by atoms with Crippen LogP contribution >= 0.6 is 0 Å². The highest BCUT2D eigenvalue weighted by molar-refractivity contribution is 5.86. The molecule has 32 heavy (non-hydrogen) atoms. The number of methoxy groups -OCH3 is 2. The van der Waals surface area contributed by atoms with Crippen molar-refractivity contribution in [3.8, 4) is 23.0 Å². The smallest absolute Gasteiger partial charge is 0.328 e. The van der Waals surface area contributed by atoms with Gasteiger partial charge in [-0.25, -0.2) is 9.59 Å². The van der Waals surface area contributed by atoms with E-state index in [9.17, 15) is 9.59 Å². The molecule has 8 nitrogen and oxygen atoms in total. The van der Waals surface area contributed by atoms with Gasteiger partial charge in [-0.2, -0.15) is 0 Å². The van der Waals surface area contributed by atoms with E-state index in [4.69, 9.17) is 29.2 Å². The van der Waals surface area contributed by atoms with Crippen molar-refractivity contribution in [2.45, 2.75) is 0 Å². The van der Waals surface area contributed by atoms with Gasteiger partial charge in [-0.1, -0.05) is 0 Å². The molecule has 0 aliphatic carbocycles. The van der Waals surface area contributed by atoms with Crippen LogP contribution in [0.15, 0.2) is 60.7 Å². The van der Waals surface area contributed by atoms with Crippen molar-refractivity contribution < 1.29 is 38.7 Å². The van der Waals surface area contributed by atoms with Gasteiger partial charge < -0.3 is 29.2 Å². The van der Waals surface area contributed by atoms with Crippen molar-refractivity contribution in [2.75, 3.05) is 27.4 Å². The Kier molecular flexibility index (Phi) is 9.39. The van der Waals surface area contributed by atoms with E-state index in [0.29, 0.717) is 47.3 Å². The van der Waals surface area contributed by atoms with Gasteiger partial charge in [0.15, 0.2) is 0 Å². The summed E-state index contributed by atoms with van der Waals surface area (Å²) in [6.07, 6.45) is 8.57. The van der Waals surface area contributed by atoms with Crippen molar-refractivity contribution >= 4 is 24.1 Å². The van der Waals surface area contributed by atoms with E-state index in [1.165, 1.54) is 26.4 Å². The van der Waals surface area contributed by atoms with Gasteiger partial charge in [0.25, 0.3) is 0 Å². The quantitative estimate of drug-likeness (QED) is 0.377. The van der Waals surface area contributed by atoms with Gasteiger partial charge in [-0.15, -0.1) is 0 Å².